The minimum atomic E-state index is -1.26. The maximum atomic E-state index is 12.6. The van der Waals surface area contributed by atoms with Crippen LogP contribution in [0.1, 0.15) is 53.4 Å². The Bertz CT molecular complexity index is 444. The smallest absolute Gasteiger partial charge is 0.411 e. The second-order valence-corrected chi connectivity index (χ2v) is 7.08. The maximum Gasteiger partial charge on any atom is 0.411 e. The van der Waals surface area contributed by atoms with Crippen LogP contribution in [0, 0.1) is 5.92 Å². The van der Waals surface area contributed by atoms with Gasteiger partial charge in [0.25, 0.3) is 0 Å². The summed E-state index contributed by atoms with van der Waals surface area (Å²) in [5, 5.41) is 20.0. The lowest BCUT2D eigenvalue weighted by Crippen LogP contribution is -2.59. The monoisotopic (exact) mass is 299 g/mol. The summed E-state index contributed by atoms with van der Waals surface area (Å²) in [6.45, 7) is 7.02. The van der Waals surface area contributed by atoms with Crippen LogP contribution in [-0.2, 0) is 9.53 Å². The lowest BCUT2D eigenvalue weighted by Gasteiger charge is -2.39. The fourth-order valence-electron chi connectivity index (χ4n) is 3.83. The zero-order valence-electron chi connectivity index (χ0n) is 13.1. The molecule has 1 aliphatic heterocycles. The fraction of sp³-hybridized carbons (Fsp3) is 0.867. The molecule has 0 aromatic heterocycles. The van der Waals surface area contributed by atoms with E-state index in [0.29, 0.717) is 25.7 Å². The van der Waals surface area contributed by atoms with Crippen molar-refractivity contribution in [3.63, 3.8) is 0 Å². The Morgan fingerprint density at radius 1 is 1.33 bits per heavy atom. The van der Waals surface area contributed by atoms with Crippen LogP contribution in [0.25, 0.3) is 0 Å². The Hall–Kier alpha value is -1.30. The first kappa shape index (κ1) is 16.1. The largest absolute Gasteiger partial charge is 0.479 e. The van der Waals surface area contributed by atoms with Crippen molar-refractivity contribution in [1.82, 2.24) is 4.90 Å². The average Bonchev–Trinajstić information content (AvgIpc) is 2.63. The molecule has 1 saturated carbocycles. The number of hydrogen-bond donors (Lipinski definition) is 2. The highest BCUT2D eigenvalue weighted by atomic mass is 16.6. The predicted molar refractivity (Wildman–Crippen MR) is 75.9 cm³/mol. The number of aliphatic hydroxyl groups excluding tert-OH is 1. The molecule has 1 heterocycles. The SMILES string of the molecule is CC[C@@]1(C(=O)O)[C@@H]2CC[C@@H](O)[C@@H](C2)N1C(=O)OC(C)(C)C. The van der Waals surface area contributed by atoms with E-state index in [0.717, 1.165) is 0 Å². The van der Waals surface area contributed by atoms with Gasteiger partial charge in [-0.15, -0.1) is 0 Å². The van der Waals surface area contributed by atoms with Crippen LogP contribution in [0.4, 0.5) is 4.79 Å². The average molecular weight is 299 g/mol. The third kappa shape index (κ3) is 2.50. The summed E-state index contributed by atoms with van der Waals surface area (Å²) < 4.78 is 5.40. The van der Waals surface area contributed by atoms with Crippen molar-refractivity contribution in [2.75, 3.05) is 0 Å². The number of nitrogens with zero attached hydrogens (tertiary/aromatic N) is 1. The molecule has 1 amide bonds. The summed E-state index contributed by atoms with van der Waals surface area (Å²) in [7, 11) is 0. The van der Waals surface area contributed by atoms with Gasteiger partial charge in [-0.3, -0.25) is 4.90 Å². The van der Waals surface area contributed by atoms with Gasteiger partial charge in [-0.1, -0.05) is 6.92 Å². The Kier molecular flexibility index (Phi) is 3.95. The summed E-state index contributed by atoms with van der Waals surface area (Å²) >= 11 is 0. The van der Waals surface area contributed by atoms with Gasteiger partial charge in [0.1, 0.15) is 11.1 Å². The molecule has 2 fully saturated rings. The first-order chi connectivity index (χ1) is 9.63. The Labute approximate surface area is 125 Å². The van der Waals surface area contributed by atoms with Crippen molar-refractivity contribution in [2.45, 2.75) is 76.7 Å². The lowest BCUT2D eigenvalue weighted by atomic mass is 9.77. The molecule has 2 bridgehead atoms. The molecule has 120 valence electrons. The van der Waals surface area contributed by atoms with Gasteiger partial charge in [-0.25, -0.2) is 9.59 Å². The zero-order chi connectivity index (χ0) is 16.0. The number of amides is 1. The molecular formula is C15H25NO5. The van der Waals surface area contributed by atoms with Gasteiger partial charge in [0.05, 0.1) is 12.1 Å². The molecular weight excluding hydrogens is 274 g/mol. The maximum absolute atomic E-state index is 12.6. The van der Waals surface area contributed by atoms with Crippen molar-refractivity contribution in [2.24, 2.45) is 5.92 Å². The van der Waals surface area contributed by atoms with E-state index >= 15 is 0 Å². The summed E-state index contributed by atoms with van der Waals surface area (Å²) in [5.41, 5.74) is -1.96. The first-order valence-electron chi connectivity index (χ1n) is 7.57. The molecule has 2 aliphatic rings. The Balaban J connectivity index is 2.42. The second-order valence-electron chi connectivity index (χ2n) is 7.08. The normalized spacial score (nSPS) is 35.7. The van der Waals surface area contributed by atoms with Gasteiger partial charge in [-0.2, -0.15) is 0 Å². The number of carboxylic acids is 1. The molecule has 0 unspecified atom stereocenters. The highest BCUT2D eigenvalue weighted by Gasteiger charge is 2.63. The van der Waals surface area contributed by atoms with E-state index in [1.165, 1.54) is 4.90 Å². The van der Waals surface area contributed by atoms with Gasteiger partial charge in [0.15, 0.2) is 0 Å². The molecule has 2 rings (SSSR count). The van der Waals surface area contributed by atoms with E-state index in [4.69, 9.17) is 4.74 Å². The van der Waals surface area contributed by atoms with Crippen LogP contribution in [0.3, 0.4) is 0 Å². The fourth-order valence-corrected chi connectivity index (χ4v) is 3.83. The highest BCUT2D eigenvalue weighted by Crippen LogP contribution is 2.49. The van der Waals surface area contributed by atoms with Crippen LogP contribution in [-0.4, -0.2) is 50.5 Å². The van der Waals surface area contributed by atoms with E-state index < -0.39 is 35.3 Å². The van der Waals surface area contributed by atoms with Crippen LogP contribution >= 0.6 is 0 Å². The standard InChI is InChI=1S/C15H25NO5/c1-5-15(12(18)19)9-6-7-11(17)10(8-9)16(15)13(20)21-14(2,3)4/h9-11,17H,5-8H2,1-4H3,(H,18,19)/t9-,10-,11-,15+/m1/s1. The molecule has 6 heteroatoms. The number of carboxylic acid groups (broad SMARTS) is 1. The van der Waals surface area contributed by atoms with Crippen molar-refractivity contribution < 1.29 is 24.5 Å². The van der Waals surface area contributed by atoms with Crippen molar-refractivity contribution >= 4 is 12.1 Å². The van der Waals surface area contributed by atoms with E-state index in [-0.39, 0.29) is 5.92 Å². The molecule has 21 heavy (non-hydrogen) atoms. The van der Waals surface area contributed by atoms with Crippen LogP contribution in [0.15, 0.2) is 0 Å². The van der Waals surface area contributed by atoms with E-state index in [1.54, 1.807) is 27.7 Å². The Morgan fingerprint density at radius 3 is 2.43 bits per heavy atom. The number of likely N-dealkylation sites (tertiary alicyclic amines) is 1. The summed E-state index contributed by atoms with van der Waals surface area (Å²) in [4.78, 5) is 25.8. The Morgan fingerprint density at radius 2 is 1.95 bits per heavy atom. The van der Waals surface area contributed by atoms with Gasteiger partial charge >= 0.3 is 12.1 Å². The third-order valence-electron chi connectivity index (χ3n) is 4.72. The molecule has 4 atom stereocenters. The quantitative estimate of drug-likeness (QED) is 0.814. The topological polar surface area (TPSA) is 87.1 Å². The van der Waals surface area contributed by atoms with Gasteiger partial charge in [-0.05, 0) is 52.4 Å². The lowest BCUT2D eigenvalue weighted by molar-refractivity contribution is -0.153. The number of aliphatic carboxylic acids is 1. The van der Waals surface area contributed by atoms with E-state index in [2.05, 4.69) is 0 Å². The molecule has 1 aliphatic carbocycles. The van der Waals surface area contributed by atoms with E-state index in [9.17, 15) is 19.8 Å². The first-order valence-corrected chi connectivity index (χ1v) is 7.57. The number of aliphatic hydroxyl groups is 1. The number of hydrogen-bond acceptors (Lipinski definition) is 4. The number of rotatable bonds is 2. The van der Waals surface area contributed by atoms with E-state index in [1.807, 2.05) is 0 Å². The molecule has 0 radical (unpaired) electrons. The van der Waals surface area contributed by atoms with Crippen molar-refractivity contribution in [3.8, 4) is 0 Å². The van der Waals surface area contributed by atoms with Crippen LogP contribution < -0.4 is 0 Å². The van der Waals surface area contributed by atoms with Crippen molar-refractivity contribution in [1.29, 1.82) is 0 Å². The minimum absolute atomic E-state index is 0.124. The molecule has 0 aromatic rings. The van der Waals surface area contributed by atoms with Crippen molar-refractivity contribution in [3.05, 3.63) is 0 Å². The zero-order valence-corrected chi connectivity index (χ0v) is 13.1. The molecule has 2 N–H and O–H groups in total. The number of carbonyl (C=O) groups is 2. The predicted octanol–water partition coefficient (Wildman–Crippen LogP) is 2.00. The molecule has 0 spiro atoms. The number of ether oxygens (including phenoxy) is 1. The summed E-state index contributed by atoms with van der Waals surface area (Å²) in [5.74, 6) is -1.13. The molecule has 1 saturated heterocycles. The van der Waals surface area contributed by atoms with Crippen LogP contribution in [0.2, 0.25) is 0 Å². The summed E-state index contributed by atoms with van der Waals surface area (Å²) in [6.07, 6.45) is 0.679. The number of carbonyl (C=O) groups excluding carboxylic acids is 1. The van der Waals surface area contributed by atoms with Gasteiger partial charge < -0.3 is 14.9 Å². The van der Waals surface area contributed by atoms with Gasteiger partial charge in [0, 0.05) is 0 Å². The highest BCUT2D eigenvalue weighted by molar-refractivity contribution is 5.86. The second kappa shape index (κ2) is 5.16. The molecule has 0 aromatic carbocycles. The third-order valence-corrected chi connectivity index (χ3v) is 4.72. The molecule has 6 nitrogen and oxygen atoms in total. The minimum Gasteiger partial charge on any atom is -0.479 e. The van der Waals surface area contributed by atoms with Crippen LogP contribution in [0.5, 0.6) is 0 Å². The van der Waals surface area contributed by atoms with Gasteiger partial charge in [0.2, 0.25) is 0 Å². The summed E-state index contributed by atoms with van der Waals surface area (Å²) in [6, 6.07) is -0.463. The number of fused-ring (bicyclic) bond motifs is 2.